The van der Waals surface area contributed by atoms with E-state index in [2.05, 4.69) is 29.1 Å². The quantitative estimate of drug-likeness (QED) is 0.407. The van der Waals surface area contributed by atoms with Crippen molar-refractivity contribution in [1.82, 2.24) is 5.43 Å². The van der Waals surface area contributed by atoms with Crippen LogP contribution in [0.25, 0.3) is 0 Å². The molecule has 1 heterocycles. The normalized spacial score (nSPS) is 12.1. The summed E-state index contributed by atoms with van der Waals surface area (Å²) in [5.74, 6) is -0.0666. The van der Waals surface area contributed by atoms with Gasteiger partial charge in [-0.25, -0.2) is 13.8 Å². The third-order valence-corrected chi connectivity index (χ3v) is 7.26. The van der Waals surface area contributed by atoms with Gasteiger partial charge in [0.2, 0.25) is 0 Å². The van der Waals surface area contributed by atoms with Crippen molar-refractivity contribution < 1.29 is 13.2 Å². The molecule has 156 valence electrons. The second-order valence-electron chi connectivity index (χ2n) is 7.00. The van der Waals surface area contributed by atoms with Crippen molar-refractivity contribution in [2.24, 2.45) is 5.10 Å². The molecular formula is C22H23N3O3S2. The number of hydrogen-bond acceptors (Lipinski definition) is 5. The van der Waals surface area contributed by atoms with Crippen LogP contribution in [0.15, 0.2) is 75.4 Å². The molecule has 30 heavy (non-hydrogen) atoms. The number of carbonyl (C=O) groups is 1. The van der Waals surface area contributed by atoms with Crippen LogP contribution in [-0.4, -0.2) is 20.0 Å². The fourth-order valence-corrected chi connectivity index (χ4v) is 4.82. The average molecular weight is 442 g/mol. The Morgan fingerprint density at radius 3 is 2.33 bits per heavy atom. The number of hydrazone groups is 1. The summed E-state index contributed by atoms with van der Waals surface area (Å²) in [7, 11) is -3.76. The lowest BCUT2D eigenvalue weighted by molar-refractivity contribution is 0.0955. The van der Waals surface area contributed by atoms with Gasteiger partial charge in [0.25, 0.3) is 15.9 Å². The van der Waals surface area contributed by atoms with Crippen molar-refractivity contribution in [2.45, 2.75) is 30.9 Å². The average Bonchev–Trinajstić information content (AvgIpc) is 3.28. The molecule has 8 heteroatoms. The molecule has 0 aliphatic carbocycles. The predicted molar refractivity (Wildman–Crippen MR) is 122 cm³/mol. The maximum atomic E-state index is 12.7. The number of carbonyl (C=O) groups excluding carboxylic acids is 1. The van der Waals surface area contributed by atoms with E-state index in [4.69, 9.17) is 0 Å². The molecular weight excluding hydrogens is 418 g/mol. The van der Waals surface area contributed by atoms with E-state index in [1.807, 2.05) is 24.3 Å². The van der Waals surface area contributed by atoms with Crippen LogP contribution in [-0.2, 0) is 10.0 Å². The van der Waals surface area contributed by atoms with E-state index in [9.17, 15) is 13.2 Å². The molecule has 1 aromatic heterocycles. The second-order valence-corrected chi connectivity index (χ2v) is 9.85. The van der Waals surface area contributed by atoms with Crippen molar-refractivity contribution >= 4 is 38.7 Å². The smallest absolute Gasteiger partial charge is 0.273 e. The van der Waals surface area contributed by atoms with Crippen LogP contribution in [0.5, 0.6) is 0 Å². The maximum absolute atomic E-state index is 12.7. The first-order chi connectivity index (χ1) is 14.3. The Kier molecular flexibility index (Phi) is 6.69. The number of hydrogen-bond donors (Lipinski definition) is 2. The molecule has 0 saturated carbocycles. The Balaban J connectivity index is 1.77. The Morgan fingerprint density at radius 1 is 1.00 bits per heavy atom. The highest BCUT2D eigenvalue weighted by molar-refractivity contribution is 7.94. The third kappa shape index (κ3) is 5.14. The molecule has 0 bridgehead atoms. The van der Waals surface area contributed by atoms with E-state index in [0.29, 0.717) is 11.6 Å². The molecule has 0 aliphatic rings. The van der Waals surface area contributed by atoms with Gasteiger partial charge in [0.05, 0.1) is 17.0 Å². The van der Waals surface area contributed by atoms with Gasteiger partial charge in [-0.3, -0.25) is 9.52 Å². The number of nitrogens with zero attached hydrogens (tertiary/aromatic N) is 1. The highest BCUT2D eigenvalue weighted by Crippen LogP contribution is 2.23. The number of thiophene rings is 1. The van der Waals surface area contributed by atoms with Crippen LogP contribution in [0.1, 0.15) is 48.2 Å². The van der Waals surface area contributed by atoms with Crippen molar-refractivity contribution in [3.8, 4) is 0 Å². The minimum absolute atomic E-state index is 0.177. The third-order valence-electron chi connectivity index (χ3n) is 4.50. The van der Waals surface area contributed by atoms with Gasteiger partial charge in [-0.2, -0.15) is 5.10 Å². The monoisotopic (exact) mass is 441 g/mol. The number of sulfonamides is 1. The molecule has 0 fully saturated rings. The number of rotatable bonds is 7. The van der Waals surface area contributed by atoms with Crippen LogP contribution >= 0.6 is 11.3 Å². The largest absolute Gasteiger partial charge is 0.278 e. The van der Waals surface area contributed by atoms with Gasteiger partial charge >= 0.3 is 0 Å². The van der Waals surface area contributed by atoms with E-state index in [1.54, 1.807) is 42.6 Å². The molecule has 2 N–H and O–H groups in total. The van der Waals surface area contributed by atoms with E-state index < -0.39 is 15.9 Å². The van der Waals surface area contributed by atoms with Gasteiger partial charge in [0.15, 0.2) is 0 Å². The molecule has 0 saturated heterocycles. The molecule has 3 aromatic rings. The van der Waals surface area contributed by atoms with Gasteiger partial charge in [-0.15, -0.1) is 11.3 Å². The molecule has 6 nitrogen and oxygen atoms in total. The number of amides is 1. The highest BCUT2D eigenvalue weighted by Gasteiger charge is 2.19. The van der Waals surface area contributed by atoms with Crippen molar-refractivity contribution in [3.05, 3.63) is 82.7 Å². The van der Waals surface area contributed by atoms with Gasteiger partial charge in [0, 0.05) is 0 Å². The van der Waals surface area contributed by atoms with Crippen LogP contribution in [0.2, 0.25) is 0 Å². The molecule has 3 rings (SSSR count). The van der Waals surface area contributed by atoms with Gasteiger partial charge in [-0.1, -0.05) is 56.3 Å². The molecule has 2 aromatic carbocycles. The Labute approximate surface area is 180 Å². The summed E-state index contributed by atoms with van der Waals surface area (Å²) < 4.78 is 27.7. The summed E-state index contributed by atoms with van der Waals surface area (Å²) in [4.78, 5) is 12.7. The minimum atomic E-state index is -3.76. The maximum Gasteiger partial charge on any atom is 0.273 e. The van der Waals surface area contributed by atoms with Gasteiger partial charge in [0.1, 0.15) is 4.21 Å². The van der Waals surface area contributed by atoms with Crippen LogP contribution in [0.3, 0.4) is 0 Å². The summed E-state index contributed by atoms with van der Waals surface area (Å²) in [5.41, 5.74) is 5.66. The first-order valence-electron chi connectivity index (χ1n) is 9.38. The van der Waals surface area contributed by atoms with Crippen molar-refractivity contribution in [2.75, 3.05) is 4.72 Å². The van der Waals surface area contributed by atoms with E-state index >= 15 is 0 Å². The Morgan fingerprint density at radius 2 is 1.70 bits per heavy atom. The zero-order valence-electron chi connectivity index (χ0n) is 16.9. The van der Waals surface area contributed by atoms with Gasteiger partial charge in [-0.05, 0) is 47.5 Å². The highest BCUT2D eigenvalue weighted by atomic mass is 32.2. The lowest BCUT2D eigenvalue weighted by Crippen LogP contribution is -2.22. The zero-order valence-corrected chi connectivity index (χ0v) is 18.5. The Hall–Kier alpha value is -2.97. The fourth-order valence-electron chi connectivity index (χ4n) is 2.75. The Bertz CT molecular complexity index is 1150. The van der Waals surface area contributed by atoms with Crippen molar-refractivity contribution in [3.63, 3.8) is 0 Å². The van der Waals surface area contributed by atoms with Crippen molar-refractivity contribution in [1.29, 1.82) is 0 Å². The summed E-state index contributed by atoms with van der Waals surface area (Å²) in [6.45, 7) is 6.05. The summed E-state index contributed by atoms with van der Waals surface area (Å²) in [5, 5.41) is 5.85. The van der Waals surface area contributed by atoms with Crippen LogP contribution in [0, 0.1) is 0 Å². The minimum Gasteiger partial charge on any atom is -0.278 e. The van der Waals surface area contributed by atoms with E-state index in [1.165, 1.54) is 11.6 Å². The predicted octanol–water partition coefficient (Wildman–Crippen LogP) is 4.83. The molecule has 0 spiro atoms. The SMILES string of the molecule is C/C(=N\NC(=O)c1ccccc1NS(=O)(=O)c1cccs1)c1ccc(C(C)C)cc1. The lowest BCUT2D eigenvalue weighted by atomic mass is 10.0. The summed E-state index contributed by atoms with van der Waals surface area (Å²) >= 11 is 1.10. The number of nitrogens with one attached hydrogen (secondary N) is 2. The number of benzene rings is 2. The second kappa shape index (κ2) is 9.23. The first-order valence-corrected chi connectivity index (χ1v) is 11.7. The molecule has 0 unspecified atom stereocenters. The number of para-hydroxylation sites is 1. The fraction of sp³-hybridized carbons (Fsp3) is 0.182. The molecule has 1 amide bonds. The molecule has 0 radical (unpaired) electrons. The van der Waals surface area contributed by atoms with E-state index in [-0.39, 0.29) is 15.5 Å². The standard InChI is InChI=1S/C22H23N3O3S2/c1-15(2)17-10-12-18(13-11-17)16(3)23-24-22(26)19-7-4-5-8-20(19)25-30(27,28)21-9-6-14-29-21/h4-15,25H,1-3H3,(H,24,26)/b23-16+. The zero-order chi connectivity index (χ0) is 21.7. The lowest BCUT2D eigenvalue weighted by Gasteiger charge is -2.11. The summed E-state index contributed by atoms with van der Waals surface area (Å²) in [6.07, 6.45) is 0. The van der Waals surface area contributed by atoms with Gasteiger partial charge < -0.3 is 0 Å². The van der Waals surface area contributed by atoms with E-state index in [0.717, 1.165) is 16.9 Å². The molecule has 0 atom stereocenters. The topological polar surface area (TPSA) is 87.6 Å². The summed E-state index contributed by atoms with van der Waals surface area (Å²) in [6, 6.07) is 17.6. The van der Waals surface area contributed by atoms with Crippen LogP contribution < -0.4 is 10.1 Å². The van der Waals surface area contributed by atoms with Crippen LogP contribution in [0.4, 0.5) is 5.69 Å². The number of anilines is 1. The first kappa shape index (κ1) is 21.7. The molecule has 0 aliphatic heterocycles.